The summed E-state index contributed by atoms with van der Waals surface area (Å²) in [7, 11) is 0. The van der Waals surface area contributed by atoms with E-state index < -0.39 is 5.60 Å². The van der Waals surface area contributed by atoms with Crippen molar-refractivity contribution in [3.63, 3.8) is 0 Å². The Morgan fingerprint density at radius 3 is 2.28 bits per heavy atom. The second-order valence-corrected chi connectivity index (χ2v) is 6.48. The van der Waals surface area contributed by atoms with E-state index in [-0.39, 0.29) is 11.4 Å². The fraction of sp³-hybridized carbons (Fsp3) is 0.929. The summed E-state index contributed by atoms with van der Waals surface area (Å²) in [4.78, 5) is 14.1. The first-order valence-corrected chi connectivity index (χ1v) is 7.19. The van der Waals surface area contributed by atoms with Crippen LogP contribution in [0.1, 0.15) is 58.3 Å². The van der Waals surface area contributed by atoms with Crippen LogP contribution in [0.3, 0.4) is 0 Å². The molecule has 0 spiro atoms. The van der Waals surface area contributed by atoms with Crippen molar-refractivity contribution in [1.82, 2.24) is 4.90 Å². The largest absolute Gasteiger partial charge is 0.390 e. The molecule has 4 nitrogen and oxygen atoms in total. The van der Waals surface area contributed by atoms with E-state index in [1.165, 1.54) is 6.42 Å². The van der Waals surface area contributed by atoms with Crippen LogP contribution in [0.2, 0.25) is 0 Å². The molecule has 4 heteroatoms. The van der Waals surface area contributed by atoms with Gasteiger partial charge in [-0.25, -0.2) is 0 Å². The van der Waals surface area contributed by atoms with Crippen molar-refractivity contribution in [2.75, 3.05) is 13.1 Å². The molecule has 0 aromatic rings. The molecule has 2 aliphatic rings. The average Bonchev–Trinajstić information content (AvgIpc) is 2.29. The molecule has 1 saturated carbocycles. The molecular weight excluding hydrogens is 228 g/mol. The summed E-state index contributed by atoms with van der Waals surface area (Å²) >= 11 is 0. The smallest absolute Gasteiger partial charge is 0.224 e. The molecule has 0 radical (unpaired) electrons. The van der Waals surface area contributed by atoms with E-state index in [4.69, 9.17) is 5.73 Å². The normalized spacial score (nSPS) is 26.9. The SMILES string of the molecule is CC1(O)CCN(C(=O)CC2(N)CCCCC2)CC1. The number of carbonyl (C=O) groups is 1. The maximum atomic E-state index is 12.2. The first-order valence-electron chi connectivity index (χ1n) is 7.19. The zero-order chi connectivity index (χ0) is 13.2. The molecular formula is C14H26N2O2. The maximum Gasteiger partial charge on any atom is 0.224 e. The Bertz CT molecular complexity index is 299. The Balaban J connectivity index is 1.85. The lowest BCUT2D eigenvalue weighted by molar-refractivity contribution is -0.136. The van der Waals surface area contributed by atoms with Gasteiger partial charge in [0, 0.05) is 25.0 Å². The second-order valence-electron chi connectivity index (χ2n) is 6.48. The Morgan fingerprint density at radius 2 is 1.72 bits per heavy atom. The summed E-state index contributed by atoms with van der Waals surface area (Å²) < 4.78 is 0. The van der Waals surface area contributed by atoms with E-state index in [0.29, 0.717) is 32.4 Å². The van der Waals surface area contributed by atoms with Gasteiger partial charge in [-0.3, -0.25) is 4.79 Å². The van der Waals surface area contributed by atoms with Crippen LogP contribution in [-0.2, 0) is 4.79 Å². The van der Waals surface area contributed by atoms with Crippen LogP contribution < -0.4 is 5.73 Å². The predicted molar refractivity (Wildman–Crippen MR) is 71.1 cm³/mol. The van der Waals surface area contributed by atoms with Crippen LogP contribution >= 0.6 is 0 Å². The van der Waals surface area contributed by atoms with Crippen molar-refractivity contribution in [3.8, 4) is 0 Å². The molecule has 1 heterocycles. The molecule has 1 aliphatic carbocycles. The average molecular weight is 254 g/mol. The molecule has 1 saturated heterocycles. The lowest BCUT2D eigenvalue weighted by atomic mass is 9.79. The first-order chi connectivity index (χ1) is 8.40. The first kappa shape index (κ1) is 13.8. The highest BCUT2D eigenvalue weighted by molar-refractivity contribution is 5.77. The van der Waals surface area contributed by atoms with Crippen LogP contribution in [0.15, 0.2) is 0 Å². The molecule has 1 aliphatic heterocycles. The van der Waals surface area contributed by atoms with Gasteiger partial charge >= 0.3 is 0 Å². The van der Waals surface area contributed by atoms with Gasteiger partial charge < -0.3 is 15.7 Å². The molecule has 0 unspecified atom stereocenters. The molecule has 18 heavy (non-hydrogen) atoms. The second kappa shape index (κ2) is 5.17. The van der Waals surface area contributed by atoms with E-state index in [2.05, 4.69) is 0 Å². The quantitative estimate of drug-likeness (QED) is 0.783. The third kappa shape index (κ3) is 3.45. The van der Waals surface area contributed by atoms with Crippen LogP contribution in [0.5, 0.6) is 0 Å². The Kier molecular flexibility index (Phi) is 3.97. The van der Waals surface area contributed by atoms with Gasteiger partial charge in [-0.15, -0.1) is 0 Å². The van der Waals surface area contributed by atoms with Crippen molar-refractivity contribution in [1.29, 1.82) is 0 Å². The van der Waals surface area contributed by atoms with Crippen molar-refractivity contribution in [2.24, 2.45) is 5.73 Å². The summed E-state index contributed by atoms with van der Waals surface area (Å²) in [6, 6.07) is 0. The molecule has 0 atom stereocenters. The molecule has 104 valence electrons. The minimum absolute atomic E-state index is 0.176. The van der Waals surface area contributed by atoms with Gasteiger partial charge in [0.15, 0.2) is 0 Å². The van der Waals surface area contributed by atoms with Crippen molar-refractivity contribution in [2.45, 2.75) is 69.4 Å². The van der Waals surface area contributed by atoms with Crippen LogP contribution in [-0.4, -0.2) is 40.1 Å². The number of rotatable bonds is 2. The molecule has 2 rings (SSSR count). The molecule has 3 N–H and O–H groups in total. The Morgan fingerprint density at radius 1 is 1.17 bits per heavy atom. The number of hydrogen-bond donors (Lipinski definition) is 2. The minimum atomic E-state index is -0.595. The number of nitrogens with zero attached hydrogens (tertiary/aromatic N) is 1. The number of amides is 1. The number of piperidine rings is 1. The van der Waals surface area contributed by atoms with Gasteiger partial charge in [-0.1, -0.05) is 19.3 Å². The lowest BCUT2D eigenvalue weighted by Crippen LogP contribution is -2.50. The topological polar surface area (TPSA) is 66.6 Å². The number of hydrogen-bond acceptors (Lipinski definition) is 3. The Hall–Kier alpha value is -0.610. The third-order valence-electron chi connectivity index (χ3n) is 4.55. The summed E-state index contributed by atoms with van der Waals surface area (Å²) in [5, 5.41) is 9.88. The summed E-state index contributed by atoms with van der Waals surface area (Å²) in [6.07, 6.45) is 7.34. The zero-order valence-corrected chi connectivity index (χ0v) is 11.5. The zero-order valence-electron chi connectivity index (χ0n) is 11.5. The van der Waals surface area contributed by atoms with Gasteiger partial charge in [-0.05, 0) is 32.6 Å². The van der Waals surface area contributed by atoms with E-state index in [1.807, 2.05) is 11.8 Å². The van der Waals surface area contributed by atoms with E-state index >= 15 is 0 Å². The highest BCUT2D eigenvalue weighted by atomic mass is 16.3. The highest BCUT2D eigenvalue weighted by Gasteiger charge is 2.34. The van der Waals surface area contributed by atoms with E-state index in [0.717, 1.165) is 25.7 Å². The molecule has 0 aromatic heterocycles. The van der Waals surface area contributed by atoms with Gasteiger partial charge in [0.1, 0.15) is 0 Å². The van der Waals surface area contributed by atoms with Crippen molar-refractivity contribution in [3.05, 3.63) is 0 Å². The minimum Gasteiger partial charge on any atom is -0.390 e. The van der Waals surface area contributed by atoms with Gasteiger partial charge in [0.25, 0.3) is 0 Å². The van der Waals surface area contributed by atoms with Gasteiger partial charge in [0.05, 0.1) is 5.60 Å². The molecule has 0 bridgehead atoms. The van der Waals surface area contributed by atoms with Crippen molar-refractivity contribution < 1.29 is 9.90 Å². The number of likely N-dealkylation sites (tertiary alicyclic amines) is 1. The van der Waals surface area contributed by atoms with E-state index in [9.17, 15) is 9.90 Å². The van der Waals surface area contributed by atoms with Crippen molar-refractivity contribution >= 4 is 5.91 Å². The summed E-state index contributed by atoms with van der Waals surface area (Å²) in [5.41, 5.74) is 5.46. The Labute approximate surface area is 110 Å². The van der Waals surface area contributed by atoms with Gasteiger partial charge in [0.2, 0.25) is 5.91 Å². The fourth-order valence-corrected chi connectivity index (χ4v) is 3.08. The predicted octanol–water partition coefficient (Wildman–Crippen LogP) is 1.41. The number of nitrogens with two attached hydrogens (primary N) is 1. The number of carbonyl (C=O) groups excluding carboxylic acids is 1. The maximum absolute atomic E-state index is 12.2. The van der Waals surface area contributed by atoms with Crippen LogP contribution in [0, 0.1) is 0 Å². The van der Waals surface area contributed by atoms with E-state index in [1.54, 1.807) is 0 Å². The molecule has 0 aromatic carbocycles. The molecule has 1 amide bonds. The third-order valence-corrected chi connectivity index (χ3v) is 4.55. The highest BCUT2D eigenvalue weighted by Crippen LogP contribution is 2.30. The lowest BCUT2D eigenvalue weighted by Gasteiger charge is -2.39. The van der Waals surface area contributed by atoms with Crippen LogP contribution in [0.4, 0.5) is 0 Å². The fourth-order valence-electron chi connectivity index (χ4n) is 3.08. The monoisotopic (exact) mass is 254 g/mol. The molecule has 2 fully saturated rings. The summed E-state index contributed by atoms with van der Waals surface area (Å²) in [5.74, 6) is 0.176. The number of aliphatic hydroxyl groups is 1. The standard InChI is InChI=1S/C14H26N2O2/c1-13(18)7-9-16(10-8-13)12(17)11-14(15)5-3-2-4-6-14/h18H,2-11,15H2,1H3. The summed E-state index contributed by atoms with van der Waals surface area (Å²) in [6.45, 7) is 3.18. The van der Waals surface area contributed by atoms with Gasteiger partial charge in [-0.2, -0.15) is 0 Å². The van der Waals surface area contributed by atoms with Crippen LogP contribution in [0.25, 0.3) is 0 Å².